The van der Waals surface area contributed by atoms with Gasteiger partial charge in [0.15, 0.2) is 0 Å². The van der Waals surface area contributed by atoms with E-state index in [0.717, 1.165) is 23.9 Å². The van der Waals surface area contributed by atoms with E-state index in [1.165, 1.54) is 31.7 Å². The second-order valence-corrected chi connectivity index (χ2v) is 6.51. The fourth-order valence-corrected chi connectivity index (χ4v) is 3.62. The summed E-state index contributed by atoms with van der Waals surface area (Å²) < 4.78 is 13.5. The molecule has 1 aromatic carbocycles. The van der Waals surface area contributed by atoms with Crippen molar-refractivity contribution in [1.82, 2.24) is 5.32 Å². The van der Waals surface area contributed by atoms with Crippen molar-refractivity contribution in [2.75, 3.05) is 6.54 Å². The van der Waals surface area contributed by atoms with Crippen LogP contribution in [0.5, 0.6) is 0 Å². The molecule has 0 heterocycles. The van der Waals surface area contributed by atoms with Crippen LogP contribution in [0.15, 0.2) is 24.3 Å². The van der Waals surface area contributed by atoms with E-state index in [2.05, 4.69) is 32.2 Å². The summed E-state index contributed by atoms with van der Waals surface area (Å²) in [6, 6.07) is 7.42. The Morgan fingerprint density at radius 1 is 1.15 bits per heavy atom. The Balaban J connectivity index is 2.06. The zero-order valence-corrected chi connectivity index (χ0v) is 13.0. The molecule has 1 fully saturated rings. The Hall–Kier alpha value is -0.890. The minimum atomic E-state index is -0.124. The first-order valence-electron chi connectivity index (χ1n) is 8.10. The molecule has 1 aliphatic rings. The van der Waals surface area contributed by atoms with Gasteiger partial charge in [-0.25, -0.2) is 4.39 Å². The van der Waals surface area contributed by atoms with Gasteiger partial charge in [-0.3, -0.25) is 0 Å². The summed E-state index contributed by atoms with van der Waals surface area (Å²) in [4.78, 5) is 0. The van der Waals surface area contributed by atoms with Crippen molar-refractivity contribution in [3.05, 3.63) is 35.6 Å². The fraction of sp³-hybridized carbons (Fsp3) is 0.667. The van der Waals surface area contributed by atoms with E-state index in [4.69, 9.17) is 0 Å². The molecular weight excluding hydrogens is 249 g/mol. The van der Waals surface area contributed by atoms with Crippen molar-refractivity contribution in [2.24, 2.45) is 17.8 Å². The zero-order chi connectivity index (χ0) is 14.5. The first-order chi connectivity index (χ1) is 9.61. The maximum absolute atomic E-state index is 13.5. The largest absolute Gasteiger partial charge is 0.310 e. The van der Waals surface area contributed by atoms with Crippen LogP contribution in [-0.4, -0.2) is 6.54 Å². The van der Waals surface area contributed by atoms with Crippen LogP contribution in [0.1, 0.15) is 58.1 Å². The molecule has 20 heavy (non-hydrogen) atoms. The zero-order valence-electron chi connectivity index (χ0n) is 13.0. The van der Waals surface area contributed by atoms with Crippen molar-refractivity contribution in [3.63, 3.8) is 0 Å². The van der Waals surface area contributed by atoms with Crippen LogP contribution in [0.3, 0.4) is 0 Å². The van der Waals surface area contributed by atoms with E-state index < -0.39 is 0 Å². The lowest BCUT2D eigenvalue weighted by Gasteiger charge is -2.36. The van der Waals surface area contributed by atoms with E-state index in [-0.39, 0.29) is 5.82 Å². The quantitative estimate of drug-likeness (QED) is 0.804. The number of hydrogen-bond acceptors (Lipinski definition) is 1. The van der Waals surface area contributed by atoms with E-state index in [1.807, 2.05) is 6.07 Å². The van der Waals surface area contributed by atoms with Gasteiger partial charge in [0, 0.05) is 6.04 Å². The Morgan fingerprint density at radius 3 is 2.35 bits per heavy atom. The van der Waals surface area contributed by atoms with Crippen molar-refractivity contribution < 1.29 is 4.39 Å². The van der Waals surface area contributed by atoms with Crippen LogP contribution >= 0.6 is 0 Å². The van der Waals surface area contributed by atoms with E-state index in [9.17, 15) is 4.39 Å². The Kier molecular flexibility index (Phi) is 5.59. The lowest BCUT2D eigenvalue weighted by atomic mass is 9.73. The predicted octanol–water partition coefficient (Wildman–Crippen LogP) is 4.94. The minimum absolute atomic E-state index is 0.124. The van der Waals surface area contributed by atoms with Crippen LogP contribution < -0.4 is 5.32 Å². The molecule has 1 aromatic rings. The Bertz CT molecular complexity index is 408. The average Bonchev–Trinajstić information content (AvgIpc) is 2.45. The fourth-order valence-electron chi connectivity index (χ4n) is 3.62. The monoisotopic (exact) mass is 277 g/mol. The summed E-state index contributed by atoms with van der Waals surface area (Å²) in [7, 11) is 0. The van der Waals surface area contributed by atoms with E-state index in [0.29, 0.717) is 12.0 Å². The lowest BCUT2D eigenvalue weighted by Crippen LogP contribution is -2.31. The molecule has 1 unspecified atom stereocenters. The number of rotatable bonds is 5. The first-order valence-corrected chi connectivity index (χ1v) is 8.10. The molecule has 2 heteroatoms. The molecule has 0 aliphatic heterocycles. The maximum atomic E-state index is 13.5. The first kappa shape index (κ1) is 15.5. The van der Waals surface area contributed by atoms with E-state index >= 15 is 0 Å². The topological polar surface area (TPSA) is 12.0 Å². The second kappa shape index (κ2) is 7.21. The maximum Gasteiger partial charge on any atom is 0.123 e. The van der Waals surface area contributed by atoms with Gasteiger partial charge in [-0.15, -0.1) is 0 Å². The third-order valence-corrected chi connectivity index (χ3v) is 4.86. The molecule has 0 amide bonds. The van der Waals surface area contributed by atoms with Crippen molar-refractivity contribution in [2.45, 2.75) is 52.5 Å². The van der Waals surface area contributed by atoms with Crippen LogP contribution in [0.2, 0.25) is 0 Å². The summed E-state index contributed by atoms with van der Waals surface area (Å²) in [6.45, 7) is 7.73. The molecule has 0 spiro atoms. The molecule has 0 aromatic heterocycles. The Morgan fingerprint density at radius 2 is 1.80 bits per heavy atom. The van der Waals surface area contributed by atoms with Gasteiger partial charge in [0.05, 0.1) is 0 Å². The molecular formula is C18H28FN. The van der Waals surface area contributed by atoms with Gasteiger partial charge in [0.1, 0.15) is 5.82 Å². The standard InChI is InChI=1S/C18H28FN/c1-4-20-18(16-6-5-7-17(19)12-16)15-10-8-14(9-11-15)13(2)3/h5-7,12-15,18,20H,4,8-11H2,1-3H3. The van der Waals surface area contributed by atoms with Crippen LogP contribution in [-0.2, 0) is 0 Å². The van der Waals surface area contributed by atoms with E-state index in [1.54, 1.807) is 6.07 Å². The normalized spacial score (nSPS) is 24.9. The van der Waals surface area contributed by atoms with Gasteiger partial charge in [-0.05, 0) is 67.7 Å². The van der Waals surface area contributed by atoms with Crippen LogP contribution in [0.4, 0.5) is 4.39 Å². The average molecular weight is 277 g/mol. The summed E-state index contributed by atoms with van der Waals surface area (Å²) in [5, 5.41) is 3.57. The van der Waals surface area contributed by atoms with Crippen molar-refractivity contribution in [1.29, 1.82) is 0 Å². The number of hydrogen-bond donors (Lipinski definition) is 1. The smallest absolute Gasteiger partial charge is 0.123 e. The number of nitrogens with one attached hydrogen (secondary N) is 1. The molecule has 1 N–H and O–H groups in total. The molecule has 0 radical (unpaired) electrons. The number of benzene rings is 1. The van der Waals surface area contributed by atoms with Gasteiger partial charge in [-0.1, -0.05) is 32.9 Å². The highest BCUT2D eigenvalue weighted by atomic mass is 19.1. The lowest BCUT2D eigenvalue weighted by molar-refractivity contribution is 0.190. The summed E-state index contributed by atoms with van der Waals surface area (Å²) in [6.07, 6.45) is 5.16. The van der Waals surface area contributed by atoms with Gasteiger partial charge in [0.2, 0.25) is 0 Å². The van der Waals surface area contributed by atoms with Crippen LogP contribution in [0, 0.1) is 23.6 Å². The van der Waals surface area contributed by atoms with Crippen LogP contribution in [0.25, 0.3) is 0 Å². The third-order valence-electron chi connectivity index (χ3n) is 4.86. The third kappa shape index (κ3) is 3.82. The summed E-state index contributed by atoms with van der Waals surface area (Å²) >= 11 is 0. The molecule has 1 atom stereocenters. The Labute approximate surface area is 123 Å². The highest BCUT2D eigenvalue weighted by Crippen LogP contribution is 2.39. The predicted molar refractivity (Wildman–Crippen MR) is 83.1 cm³/mol. The second-order valence-electron chi connectivity index (χ2n) is 6.51. The van der Waals surface area contributed by atoms with Crippen molar-refractivity contribution >= 4 is 0 Å². The molecule has 2 rings (SSSR count). The highest BCUT2D eigenvalue weighted by molar-refractivity contribution is 5.21. The summed E-state index contributed by atoms with van der Waals surface area (Å²) in [5.41, 5.74) is 1.11. The molecule has 1 nitrogen and oxygen atoms in total. The number of halogens is 1. The highest BCUT2D eigenvalue weighted by Gasteiger charge is 2.29. The van der Waals surface area contributed by atoms with Gasteiger partial charge in [0.25, 0.3) is 0 Å². The molecule has 1 saturated carbocycles. The minimum Gasteiger partial charge on any atom is -0.310 e. The molecule has 112 valence electrons. The van der Waals surface area contributed by atoms with Gasteiger partial charge >= 0.3 is 0 Å². The SMILES string of the molecule is CCNC(c1cccc(F)c1)C1CCC(C(C)C)CC1. The molecule has 0 bridgehead atoms. The van der Waals surface area contributed by atoms with Gasteiger partial charge in [-0.2, -0.15) is 0 Å². The van der Waals surface area contributed by atoms with Gasteiger partial charge < -0.3 is 5.32 Å². The van der Waals surface area contributed by atoms with Crippen molar-refractivity contribution in [3.8, 4) is 0 Å². The molecule has 0 saturated heterocycles. The summed E-state index contributed by atoms with van der Waals surface area (Å²) in [5.74, 6) is 2.19. The molecule has 1 aliphatic carbocycles.